The summed E-state index contributed by atoms with van der Waals surface area (Å²) in [5.41, 5.74) is 0.726. The number of hydrogen-bond donors (Lipinski definition) is 1. The van der Waals surface area contributed by atoms with E-state index in [0.717, 1.165) is 0 Å². The number of carbonyl (C=O) groups is 3. The van der Waals surface area contributed by atoms with Gasteiger partial charge in [0.2, 0.25) is 0 Å². The largest absolute Gasteiger partial charge is 0.496 e. The van der Waals surface area contributed by atoms with Crippen LogP contribution in [0.5, 0.6) is 5.75 Å². The molecule has 0 atom stereocenters. The number of benzene rings is 2. The molecule has 8 heteroatoms. The van der Waals surface area contributed by atoms with Crippen LogP contribution in [0.15, 0.2) is 40.9 Å². The number of esters is 2. The lowest BCUT2D eigenvalue weighted by Gasteiger charge is -2.12. The molecule has 2 rings (SSSR count). The molecule has 2 aromatic carbocycles. The Labute approximate surface area is 158 Å². The summed E-state index contributed by atoms with van der Waals surface area (Å²) >= 11 is 3.30. The van der Waals surface area contributed by atoms with Crippen molar-refractivity contribution in [2.24, 2.45) is 0 Å². The van der Waals surface area contributed by atoms with Gasteiger partial charge in [0.25, 0.3) is 5.91 Å². The molecule has 7 nitrogen and oxygen atoms in total. The van der Waals surface area contributed by atoms with Gasteiger partial charge in [0.05, 0.1) is 38.0 Å². The van der Waals surface area contributed by atoms with Crippen LogP contribution in [0.1, 0.15) is 31.1 Å². The molecule has 1 N–H and O–H groups in total. The van der Waals surface area contributed by atoms with Crippen LogP contribution in [0.25, 0.3) is 0 Å². The van der Waals surface area contributed by atoms with Crippen LogP contribution in [0.3, 0.4) is 0 Å². The number of amides is 1. The maximum absolute atomic E-state index is 12.6. The second kappa shape index (κ2) is 8.48. The van der Waals surface area contributed by atoms with Crippen molar-refractivity contribution in [2.75, 3.05) is 26.6 Å². The molecule has 26 heavy (non-hydrogen) atoms. The van der Waals surface area contributed by atoms with E-state index in [1.807, 2.05) is 0 Å². The molecule has 2 aromatic rings. The average molecular weight is 422 g/mol. The fraction of sp³-hybridized carbons (Fsp3) is 0.167. The zero-order chi connectivity index (χ0) is 19.3. The molecule has 1 amide bonds. The molecule has 0 fully saturated rings. The summed E-state index contributed by atoms with van der Waals surface area (Å²) in [6, 6.07) is 9.11. The molecule has 0 bridgehead atoms. The number of halogens is 1. The minimum atomic E-state index is -0.647. The van der Waals surface area contributed by atoms with Crippen molar-refractivity contribution in [1.82, 2.24) is 0 Å². The van der Waals surface area contributed by atoms with Crippen LogP contribution < -0.4 is 10.1 Å². The van der Waals surface area contributed by atoms with E-state index in [0.29, 0.717) is 10.2 Å². The predicted octanol–water partition coefficient (Wildman–Crippen LogP) is 3.28. The highest BCUT2D eigenvalue weighted by molar-refractivity contribution is 9.10. The van der Waals surface area contributed by atoms with E-state index < -0.39 is 17.8 Å². The maximum Gasteiger partial charge on any atom is 0.337 e. The van der Waals surface area contributed by atoms with Gasteiger partial charge in [-0.05, 0) is 36.4 Å². The summed E-state index contributed by atoms with van der Waals surface area (Å²) in [6.07, 6.45) is 0. The van der Waals surface area contributed by atoms with Gasteiger partial charge in [-0.15, -0.1) is 0 Å². The van der Waals surface area contributed by atoms with E-state index in [1.54, 1.807) is 18.2 Å². The molecule has 0 heterocycles. The van der Waals surface area contributed by atoms with Crippen LogP contribution in [0.2, 0.25) is 0 Å². The van der Waals surface area contributed by atoms with Crippen LogP contribution in [-0.2, 0) is 9.47 Å². The van der Waals surface area contributed by atoms with Crippen molar-refractivity contribution in [1.29, 1.82) is 0 Å². The number of anilines is 1. The zero-order valence-corrected chi connectivity index (χ0v) is 15.9. The fourth-order valence-electron chi connectivity index (χ4n) is 2.23. The Morgan fingerprint density at radius 2 is 1.46 bits per heavy atom. The normalized spacial score (nSPS) is 10.0. The molecule has 0 saturated heterocycles. The first-order chi connectivity index (χ1) is 12.4. The summed E-state index contributed by atoms with van der Waals surface area (Å²) in [6.45, 7) is 0. The highest BCUT2D eigenvalue weighted by Crippen LogP contribution is 2.25. The SMILES string of the molecule is COC(=O)c1cc(NC(=O)c2cc(Br)ccc2OC)cc(C(=O)OC)c1. The molecular formula is C18H16BrNO6. The van der Waals surface area contributed by atoms with Crippen molar-refractivity contribution in [3.63, 3.8) is 0 Å². The fourth-order valence-corrected chi connectivity index (χ4v) is 2.59. The van der Waals surface area contributed by atoms with Gasteiger partial charge in [-0.3, -0.25) is 4.79 Å². The van der Waals surface area contributed by atoms with Gasteiger partial charge < -0.3 is 19.5 Å². The van der Waals surface area contributed by atoms with Crippen molar-refractivity contribution in [2.45, 2.75) is 0 Å². The van der Waals surface area contributed by atoms with Gasteiger partial charge in [-0.2, -0.15) is 0 Å². The first-order valence-corrected chi connectivity index (χ1v) is 8.15. The molecule has 0 spiro atoms. The highest BCUT2D eigenvalue weighted by Gasteiger charge is 2.17. The Morgan fingerprint density at radius 3 is 1.96 bits per heavy atom. The summed E-state index contributed by atoms with van der Waals surface area (Å²) in [5.74, 6) is -1.39. The number of ether oxygens (including phenoxy) is 3. The van der Waals surface area contributed by atoms with Crippen molar-refractivity contribution in [3.8, 4) is 5.75 Å². The Morgan fingerprint density at radius 1 is 0.885 bits per heavy atom. The monoisotopic (exact) mass is 421 g/mol. The summed E-state index contributed by atoms with van der Waals surface area (Å²) in [5, 5.41) is 2.64. The van der Waals surface area contributed by atoms with Gasteiger partial charge in [0, 0.05) is 10.2 Å². The molecule has 0 aliphatic carbocycles. The predicted molar refractivity (Wildman–Crippen MR) is 97.8 cm³/mol. The second-order valence-corrected chi connectivity index (χ2v) is 6.00. The molecule has 0 aromatic heterocycles. The number of methoxy groups -OCH3 is 3. The Hall–Kier alpha value is -2.87. The average Bonchev–Trinajstić information content (AvgIpc) is 2.66. The molecule has 0 aliphatic heterocycles. The third-order valence-electron chi connectivity index (χ3n) is 3.44. The standard InChI is InChI=1S/C18H16BrNO6/c1-24-15-5-4-12(19)9-14(15)16(21)20-13-7-10(17(22)25-2)6-11(8-13)18(23)26-3/h4-9H,1-3H3,(H,20,21). The molecule has 136 valence electrons. The Bertz CT molecular complexity index is 831. The van der Waals surface area contributed by atoms with E-state index in [4.69, 9.17) is 4.74 Å². The van der Waals surface area contributed by atoms with Gasteiger partial charge in [0.1, 0.15) is 5.75 Å². The lowest BCUT2D eigenvalue weighted by Crippen LogP contribution is -2.15. The quantitative estimate of drug-likeness (QED) is 0.744. The van der Waals surface area contributed by atoms with Gasteiger partial charge >= 0.3 is 11.9 Å². The van der Waals surface area contributed by atoms with E-state index in [9.17, 15) is 14.4 Å². The number of nitrogens with one attached hydrogen (secondary N) is 1. The lowest BCUT2D eigenvalue weighted by atomic mass is 10.1. The van der Waals surface area contributed by atoms with Gasteiger partial charge in [0.15, 0.2) is 0 Å². The van der Waals surface area contributed by atoms with E-state index in [1.165, 1.54) is 39.5 Å². The maximum atomic E-state index is 12.6. The van der Waals surface area contributed by atoms with Crippen LogP contribution in [0, 0.1) is 0 Å². The van der Waals surface area contributed by atoms with Crippen LogP contribution in [0.4, 0.5) is 5.69 Å². The molecule has 0 saturated carbocycles. The van der Waals surface area contributed by atoms with E-state index in [2.05, 4.69) is 30.7 Å². The van der Waals surface area contributed by atoms with E-state index in [-0.39, 0.29) is 22.4 Å². The van der Waals surface area contributed by atoms with Gasteiger partial charge in [-0.1, -0.05) is 15.9 Å². The zero-order valence-electron chi connectivity index (χ0n) is 14.3. The number of carbonyl (C=O) groups excluding carboxylic acids is 3. The minimum absolute atomic E-state index is 0.104. The third kappa shape index (κ3) is 4.40. The third-order valence-corrected chi connectivity index (χ3v) is 3.93. The molecule has 0 radical (unpaired) electrons. The Balaban J connectivity index is 2.42. The summed E-state index contributed by atoms with van der Waals surface area (Å²) in [4.78, 5) is 36.2. The number of rotatable bonds is 5. The highest BCUT2D eigenvalue weighted by atomic mass is 79.9. The van der Waals surface area contributed by atoms with Crippen LogP contribution >= 0.6 is 15.9 Å². The summed E-state index contributed by atoms with van der Waals surface area (Å²) in [7, 11) is 3.89. The first-order valence-electron chi connectivity index (χ1n) is 7.36. The van der Waals surface area contributed by atoms with Gasteiger partial charge in [-0.25, -0.2) is 9.59 Å². The van der Waals surface area contributed by atoms with Crippen molar-refractivity contribution < 1.29 is 28.6 Å². The smallest absolute Gasteiger partial charge is 0.337 e. The Kier molecular flexibility index (Phi) is 6.35. The molecular weight excluding hydrogens is 406 g/mol. The number of hydrogen-bond acceptors (Lipinski definition) is 6. The molecule has 0 unspecified atom stereocenters. The minimum Gasteiger partial charge on any atom is -0.496 e. The molecule has 0 aliphatic rings. The lowest BCUT2D eigenvalue weighted by molar-refractivity contribution is 0.0599. The van der Waals surface area contributed by atoms with Crippen molar-refractivity contribution >= 4 is 39.5 Å². The topological polar surface area (TPSA) is 90.9 Å². The van der Waals surface area contributed by atoms with Crippen molar-refractivity contribution in [3.05, 3.63) is 57.6 Å². The first kappa shape index (κ1) is 19.5. The summed E-state index contributed by atoms with van der Waals surface area (Å²) < 4.78 is 15.2. The second-order valence-electron chi connectivity index (χ2n) is 5.08. The van der Waals surface area contributed by atoms with E-state index >= 15 is 0 Å². The van der Waals surface area contributed by atoms with Crippen LogP contribution in [-0.4, -0.2) is 39.2 Å².